The molecule has 1 aromatic heterocycles. The average Bonchev–Trinajstić information content (AvgIpc) is 3.11. The summed E-state index contributed by atoms with van der Waals surface area (Å²) in [4.78, 5) is 14.4. The van der Waals surface area contributed by atoms with Crippen molar-refractivity contribution in [2.75, 3.05) is 13.1 Å². The zero-order chi connectivity index (χ0) is 17.2. The van der Waals surface area contributed by atoms with Gasteiger partial charge in [0.1, 0.15) is 0 Å². The van der Waals surface area contributed by atoms with Crippen LogP contribution in [0.5, 0.6) is 0 Å². The predicted molar refractivity (Wildman–Crippen MR) is 96.0 cm³/mol. The lowest BCUT2D eigenvalue weighted by molar-refractivity contribution is 0.0460. The molecule has 1 fully saturated rings. The first-order chi connectivity index (χ1) is 12.2. The summed E-state index contributed by atoms with van der Waals surface area (Å²) in [5.74, 6) is 0.558. The quantitative estimate of drug-likeness (QED) is 0.738. The van der Waals surface area contributed by atoms with Crippen molar-refractivity contribution in [3.63, 3.8) is 0 Å². The minimum absolute atomic E-state index is 0.102. The Bertz CT molecular complexity index is 848. The van der Waals surface area contributed by atoms with Crippen LogP contribution in [-0.2, 0) is 6.54 Å². The van der Waals surface area contributed by atoms with Gasteiger partial charge in [0.2, 0.25) is 0 Å². The first kappa shape index (κ1) is 15.6. The number of nitrogens with zero attached hydrogens (tertiary/aromatic N) is 4. The van der Waals surface area contributed by atoms with E-state index in [9.17, 15) is 4.79 Å². The lowest BCUT2D eigenvalue weighted by atomic mass is 9.98. The summed E-state index contributed by atoms with van der Waals surface area (Å²) in [7, 11) is 0. The molecule has 25 heavy (non-hydrogen) atoms. The number of likely N-dealkylation sites (tertiary alicyclic amines) is 1. The zero-order valence-corrected chi connectivity index (χ0v) is 14.2. The van der Waals surface area contributed by atoms with Crippen molar-refractivity contribution in [1.29, 1.82) is 0 Å². The zero-order valence-electron chi connectivity index (χ0n) is 14.2. The first-order valence-corrected chi connectivity index (χ1v) is 8.49. The highest BCUT2D eigenvalue weighted by molar-refractivity contribution is 5.95. The van der Waals surface area contributed by atoms with Crippen LogP contribution < -0.4 is 0 Å². The van der Waals surface area contributed by atoms with Crippen LogP contribution >= 0.6 is 0 Å². The minimum atomic E-state index is 0.102. The Kier molecular flexibility index (Phi) is 4.06. The summed E-state index contributed by atoms with van der Waals surface area (Å²) in [6.45, 7) is 4.45. The minimum Gasteiger partial charge on any atom is -0.338 e. The molecule has 0 aliphatic carbocycles. The lowest BCUT2D eigenvalue weighted by Crippen LogP contribution is -2.51. The van der Waals surface area contributed by atoms with Crippen molar-refractivity contribution in [1.82, 2.24) is 19.9 Å². The largest absolute Gasteiger partial charge is 0.338 e. The van der Waals surface area contributed by atoms with Crippen molar-refractivity contribution in [2.45, 2.75) is 13.5 Å². The second-order valence-corrected chi connectivity index (χ2v) is 6.64. The van der Waals surface area contributed by atoms with Gasteiger partial charge in [-0.25, -0.2) is 0 Å². The number of aromatic nitrogens is 3. The van der Waals surface area contributed by atoms with E-state index in [0.29, 0.717) is 5.92 Å². The Balaban J connectivity index is 1.37. The van der Waals surface area contributed by atoms with Gasteiger partial charge in [-0.2, -0.15) is 0 Å². The number of hydrogen-bond acceptors (Lipinski definition) is 3. The maximum absolute atomic E-state index is 12.6. The third-order valence-corrected chi connectivity index (χ3v) is 4.68. The Hall–Kier alpha value is -2.95. The van der Waals surface area contributed by atoms with Gasteiger partial charge in [0.05, 0.1) is 6.20 Å². The normalized spacial score (nSPS) is 14.4. The van der Waals surface area contributed by atoms with E-state index in [1.54, 1.807) is 6.20 Å². The van der Waals surface area contributed by atoms with Crippen molar-refractivity contribution >= 4 is 5.91 Å². The molecule has 1 amide bonds. The fourth-order valence-electron chi connectivity index (χ4n) is 3.18. The van der Waals surface area contributed by atoms with Crippen LogP contribution in [-0.4, -0.2) is 38.9 Å². The summed E-state index contributed by atoms with van der Waals surface area (Å²) < 4.78 is 1.82. The van der Waals surface area contributed by atoms with Gasteiger partial charge in [-0.15, -0.1) is 5.10 Å². The highest BCUT2D eigenvalue weighted by atomic mass is 16.2. The third-order valence-electron chi connectivity index (χ3n) is 4.68. The number of rotatable bonds is 4. The van der Waals surface area contributed by atoms with Crippen LogP contribution in [0.2, 0.25) is 0 Å². The van der Waals surface area contributed by atoms with E-state index in [1.165, 1.54) is 11.1 Å². The van der Waals surface area contributed by atoms with Crippen LogP contribution in [0.1, 0.15) is 15.9 Å². The molecule has 0 unspecified atom stereocenters. The molecule has 126 valence electrons. The van der Waals surface area contributed by atoms with E-state index < -0.39 is 0 Å². The van der Waals surface area contributed by atoms with Crippen LogP contribution in [0.4, 0.5) is 0 Å². The van der Waals surface area contributed by atoms with E-state index >= 15 is 0 Å². The summed E-state index contributed by atoms with van der Waals surface area (Å²) in [6, 6.07) is 16.3. The fraction of sp³-hybridized carbons (Fsp3) is 0.250. The van der Waals surface area contributed by atoms with Crippen LogP contribution in [0.3, 0.4) is 0 Å². The molecule has 5 heteroatoms. The number of carbonyl (C=O) groups excluding carboxylic acids is 1. The number of aryl methyl sites for hydroxylation is 1. The molecule has 0 saturated carbocycles. The molecule has 0 N–H and O–H groups in total. The fourth-order valence-corrected chi connectivity index (χ4v) is 3.18. The van der Waals surface area contributed by atoms with E-state index in [2.05, 4.69) is 41.5 Å². The van der Waals surface area contributed by atoms with Gasteiger partial charge in [0.25, 0.3) is 5.91 Å². The average molecular weight is 332 g/mol. The number of benzene rings is 2. The highest BCUT2D eigenvalue weighted by Gasteiger charge is 2.31. The van der Waals surface area contributed by atoms with Gasteiger partial charge in [-0.1, -0.05) is 47.2 Å². The number of amides is 1. The topological polar surface area (TPSA) is 51.0 Å². The molecular weight excluding hydrogens is 312 g/mol. The lowest BCUT2D eigenvalue weighted by Gasteiger charge is -2.39. The monoisotopic (exact) mass is 332 g/mol. The van der Waals surface area contributed by atoms with Crippen LogP contribution in [0.15, 0.2) is 60.9 Å². The van der Waals surface area contributed by atoms with Gasteiger partial charge in [-0.05, 0) is 30.2 Å². The molecule has 0 atom stereocenters. The molecular formula is C20H20N4O. The Labute approximate surface area is 146 Å². The Morgan fingerprint density at radius 3 is 2.28 bits per heavy atom. The third kappa shape index (κ3) is 3.31. The van der Waals surface area contributed by atoms with Gasteiger partial charge in [0.15, 0.2) is 0 Å². The summed E-state index contributed by atoms with van der Waals surface area (Å²) in [5, 5.41) is 7.78. The second kappa shape index (κ2) is 6.51. The molecule has 4 rings (SSSR count). The highest BCUT2D eigenvalue weighted by Crippen LogP contribution is 2.23. The van der Waals surface area contributed by atoms with Crippen molar-refractivity contribution in [3.8, 4) is 11.1 Å². The number of hydrogen-bond donors (Lipinski definition) is 0. The van der Waals surface area contributed by atoms with Crippen molar-refractivity contribution in [3.05, 3.63) is 72.1 Å². The van der Waals surface area contributed by atoms with Gasteiger partial charge < -0.3 is 4.90 Å². The van der Waals surface area contributed by atoms with E-state index in [4.69, 9.17) is 0 Å². The molecule has 3 aromatic rings. The predicted octanol–water partition coefficient (Wildman–Crippen LogP) is 3.03. The van der Waals surface area contributed by atoms with E-state index in [0.717, 1.165) is 30.8 Å². The van der Waals surface area contributed by atoms with Gasteiger partial charge in [-0.3, -0.25) is 9.48 Å². The Morgan fingerprint density at radius 1 is 1.04 bits per heavy atom. The van der Waals surface area contributed by atoms with E-state index in [-0.39, 0.29) is 5.91 Å². The molecule has 1 aliphatic rings. The van der Waals surface area contributed by atoms with Crippen molar-refractivity contribution in [2.24, 2.45) is 5.92 Å². The molecule has 5 nitrogen and oxygen atoms in total. The van der Waals surface area contributed by atoms with Crippen LogP contribution in [0, 0.1) is 12.8 Å². The van der Waals surface area contributed by atoms with Gasteiger partial charge >= 0.3 is 0 Å². The maximum Gasteiger partial charge on any atom is 0.253 e. The second-order valence-electron chi connectivity index (χ2n) is 6.64. The number of carbonyl (C=O) groups is 1. The molecule has 2 heterocycles. The summed E-state index contributed by atoms with van der Waals surface area (Å²) in [5.41, 5.74) is 4.29. The SMILES string of the molecule is Cc1ccc(-c2ccc(C(=O)N3CC(Cn4ccnn4)C3)cc2)cc1. The van der Waals surface area contributed by atoms with E-state index in [1.807, 2.05) is 40.0 Å². The molecule has 0 spiro atoms. The van der Waals surface area contributed by atoms with Gasteiger partial charge in [0, 0.05) is 37.3 Å². The van der Waals surface area contributed by atoms with Crippen molar-refractivity contribution < 1.29 is 4.79 Å². The molecule has 2 aromatic carbocycles. The molecule has 1 aliphatic heterocycles. The molecule has 0 bridgehead atoms. The Morgan fingerprint density at radius 2 is 1.68 bits per heavy atom. The smallest absolute Gasteiger partial charge is 0.253 e. The van der Waals surface area contributed by atoms with Crippen LogP contribution in [0.25, 0.3) is 11.1 Å². The summed E-state index contributed by atoms with van der Waals surface area (Å²) >= 11 is 0. The molecule has 0 radical (unpaired) electrons. The standard InChI is InChI=1S/C20H20N4O/c1-15-2-4-17(5-3-15)18-6-8-19(9-7-18)20(25)23-12-16(13-23)14-24-11-10-21-22-24/h2-11,16H,12-14H2,1H3. The molecule has 1 saturated heterocycles. The maximum atomic E-state index is 12.6. The first-order valence-electron chi connectivity index (χ1n) is 8.49. The summed E-state index contributed by atoms with van der Waals surface area (Å²) in [6.07, 6.45) is 3.53.